The highest BCUT2D eigenvalue weighted by Crippen LogP contribution is 2.18. The van der Waals surface area contributed by atoms with Crippen LogP contribution in [0.25, 0.3) is 0 Å². The van der Waals surface area contributed by atoms with Crippen LogP contribution < -0.4 is 0 Å². The van der Waals surface area contributed by atoms with Crippen LogP contribution in [0, 0.1) is 0 Å². The lowest BCUT2D eigenvalue weighted by molar-refractivity contribution is 0.00629. The molecule has 0 unspecified atom stereocenters. The highest BCUT2D eigenvalue weighted by molar-refractivity contribution is 6.34. The molecule has 0 aliphatic carbocycles. The van der Waals surface area contributed by atoms with Crippen molar-refractivity contribution in [1.29, 1.82) is 0 Å². The predicted octanol–water partition coefficient (Wildman–Crippen LogP) is 3.34. The van der Waals surface area contributed by atoms with Gasteiger partial charge in [0, 0.05) is 5.02 Å². The van der Waals surface area contributed by atoms with Gasteiger partial charge in [-0.25, -0.2) is 9.78 Å². The third-order valence-corrected chi connectivity index (χ3v) is 1.78. The summed E-state index contributed by atoms with van der Waals surface area (Å²) < 4.78 is 5.12. The maximum absolute atomic E-state index is 11.6. The van der Waals surface area contributed by atoms with E-state index < -0.39 is 11.6 Å². The lowest BCUT2D eigenvalue weighted by Crippen LogP contribution is -2.24. The van der Waals surface area contributed by atoms with Crippen molar-refractivity contribution in [2.45, 2.75) is 26.4 Å². The van der Waals surface area contributed by atoms with Crippen molar-refractivity contribution in [1.82, 2.24) is 4.98 Å². The molecule has 0 aliphatic heterocycles. The standard InChI is InChI=1S/C10H11Cl2NO2/c1-10(2,3)15-9(14)7-4-6(11)5-8(12)13-7/h4-5H,1-3H3. The number of carbonyl (C=O) groups excluding carboxylic acids is 1. The first-order chi connectivity index (χ1) is 6.78. The summed E-state index contributed by atoms with van der Waals surface area (Å²) in [6.07, 6.45) is 0. The molecule has 0 bridgehead atoms. The van der Waals surface area contributed by atoms with Crippen molar-refractivity contribution in [2.75, 3.05) is 0 Å². The summed E-state index contributed by atoms with van der Waals surface area (Å²) >= 11 is 11.4. The van der Waals surface area contributed by atoms with Crippen molar-refractivity contribution in [3.8, 4) is 0 Å². The van der Waals surface area contributed by atoms with Crippen LogP contribution in [0.3, 0.4) is 0 Å². The number of rotatable bonds is 1. The SMILES string of the molecule is CC(C)(C)OC(=O)c1cc(Cl)cc(Cl)n1. The Morgan fingerprint density at radius 2 is 1.93 bits per heavy atom. The maximum atomic E-state index is 11.6. The zero-order valence-electron chi connectivity index (χ0n) is 8.67. The molecule has 0 radical (unpaired) electrons. The molecular formula is C10H11Cl2NO2. The first-order valence-corrected chi connectivity index (χ1v) is 5.10. The molecule has 0 spiro atoms. The first-order valence-electron chi connectivity index (χ1n) is 4.34. The molecule has 0 aliphatic rings. The molecule has 0 aromatic carbocycles. The quantitative estimate of drug-likeness (QED) is 0.565. The largest absolute Gasteiger partial charge is 0.455 e. The Bertz CT molecular complexity index is 365. The van der Waals surface area contributed by atoms with Gasteiger partial charge in [-0.1, -0.05) is 23.2 Å². The third kappa shape index (κ3) is 4.06. The van der Waals surface area contributed by atoms with Gasteiger partial charge in [0.1, 0.15) is 10.8 Å². The van der Waals surface area contributed by atoms with Gasteiger partial charge in [-0.2, -0.15) is 0 Å². The maximum Gasteiger partial charge on any atom is 0.357 e. The van der Waals surface area contributed by atoms with E-state index in [0.29, 0.717) is 5.02 Å². The number of aromatic nitrogens is 1. The molecule has 5 heteroatoms. The molecule has 0 fully saturated rings. The Morgan fingerprint density at radius 3 is 2.40 bits per heavy atom. The van der Waals surface area contributed by atoms with Gasteiger partial charge in [-0.15, -0.1) is 0 Å². The zero-order chi connectivity index (χ0) is 11.6. The third-order valence-electron chi connectivity index (χ3n) is 1.37. The first kappa shape index (κ1) is 12.3. The molecule has 3 nitrogen and oxygen atoms in total. The number of nitrogens with zero attached hydrogens (tertiary/aromatic N) is 1. The molecule has 0 atom stereocenters. The van der Waals surface area contributed by atoms with Crippen molar-refractivity contribution < 1.29 is 9.53 Å². The second-order valence-corrected chi connectivity index (χ2v) is 4.82. The van der Waals surface area contributed by atoms with E-state index in [1.54, 1.807) is 20.8 Å². The van der Waals surface area contributed by atoms with Gasteiger partial charge >= 0.3 is 5.97 Å². The minimum absolute atomic E-state index is 0.113. The van der Waals surface area contributed by atoms with Crippen molar-refractivity contribution in [3.63, 3.8) is 0 Å². The van der Waals surface area contributed by atoms with Gasteiger partial charge in [0.15, 0.2) is 5.69 Å². The second-order valence-electron chi connectivity index (χ2n) is 4.00. The fourth-order valence-corrected chi connectivity index (χ4v) is 1.37. The summed E-state index contributed by atoms with van der Waals surface area (Å²) in [4.78, 5) is 15.4. The van der Waals surface area contributed by atoms with Gasteiger partial charge in [-0.05, 0) is 32.9 Å². The van der Waals surface area contributed by atoms with Crippen LogP contribution in [-0.2, 0) is 4.74 Å². The number of halogens is 2. The van der Waals surface area contributed by atoms with E-state index in [1.165, 1.54) is 12.1 Å². The molecule has 1 aromatic rings. The van der Waals surface area contributed by atoms with Crippen LogP contribution in [0.15, 0.2) is 12.1 Å². The molecule has 1 rings (SSSR count). The van der Waals surface area contributed by atoms with Crippen molar-refractivity contribution in [3.05, 3.63) is 28.0 Å². The van der Waals surface area contributed by atoms with Crippen LogP contribution in [0.1, 0.15) is 31.3 Å². The van der Waals surface area contributed by atoms with E-state index in [1.807, 2.05) is 0 Å². The van der Waals surface area contributed by atoms with E-state index in [-0.39, 0.29) is 10.8 Å². The Kier molecular flexibility index (Phi) is 3.58. The Balaban J connectivity index is 2.92. The number of esters is 1. The van der Waals surface area contributed by atoms with Gasteiger partial charge in [0.2, 0.25) is 0 Å². The number of carbonyl (C=O) groups is 1. The molecule has 0 saturated carbocycles. The van der Waals surface area contributed by atoms with Gasteiger partial charge in [0.05, 0.1) is 0 Å². The Labute approximate surface area is 98.4 Å². The van der Waals surface area contributed by atoms with Crippen LogP contribution in [-0.4, -0.2) is 16.6 Å². The molecule has 0 amide bonds. The number of hydrogen-bond acceptors (Lipinski definition) is 3. The van der Waals surface area contributed by atoms with E-state index >= 15 is 0 Å². The normalized spacial score (nSPS) is 11.3. The molecule has 0 saturated heterocycles. The topological polar surface area (TPSA) is 39.2 Å². The minimum atomic E-state index is -0.562. The second kappa shape index (κ2) is 4.37. The van der Waals surface area contributed by atoms with Gasteiger partial charge < -0.3 is 4.74 Å². The molecule has 82 valence electrons. The average Bonchev–Trinajstić information content (AvgIpc) is 1.98. The smallest absolute Gasteiger partial charge is 0.357 e. The van der Waals surface area contributed by atoms with Crippen LogP contribution >= 0.6 is 23.2 Å². The van der Waals surface area contributed by atoms with E-state index in [2.05, 4.69) is 4.98 Å². The van der Waals surface area contributed by atoms with Crippen LogP contribution in [0.5, 0.6) is 0 Å². The lowest BCUT2D eigenvalue weighted by atomic mass is 10.2. The Morgan fingerprint density at radius 1 is 1.33 bits per heavy atom. The fourth-order valence-electron chi connectivity index (χ4n) is 0.901. The summed E-state index contributed by atoms with van der Waals surface area (Å²) in [6.45, 7) is 5.32. The number of hydrogen-bond donors (Lipinski definition) is 0. The van der Waals surface area contributed by atoms with Crippen LogP contribution in [0.4, 0.5) is 0 Å². The molecule has 0 N–H and O–H groups in total. The van der Waals surface area contributed by atoms with Crippen LogP contribution in [0.2, 0.25) is 10.2 Å². The monoisotopic (exact) mass is 247 g/mol. The Hall–Kier alpha value is -0.800. The van der Waals surface area contributed by atoms with E-state index in [0.717, 1.165) is 0 Å². The molecule has 1 heterocycles. The average molecular weight is 248 g/mol. The van der Waals surface area contributed by atoms with E-state index in [4.69, 9.17) is 27.9 Å². The number of ether oxygens (including phenoxy) is 1. The lowest BCUT2D eigenvalue weighted by Gasteiger charge is -2.19. The summed E-state index contributed by atoms with van der Waals surface area (Å²) in [7, 11) is 0. The summed E-state index contributed by atoms with van der Waals surface area (Å²) in [5.74, 6) is -0.535. The fraction of sp³-hybridized carbons (Fsp3) is 0.400. The summed E-state index contributed by atoms with van der Waals surface area (Å²) in [6, 6.07) is 2.87. The molecule has 15 heavy (non-hydrogen) atoms. The van der Waals surface area contributed by atoms with Crippen molar-refractivity contribution in [2.24, 2.45) is 0 Å². The summed E-state index contributed by atoms with van der Waals surface area (Å²) in [5, 5.41) is 0.527. The molecule has 1 aromatic heterocycles. The van der Waals surface area contributed by atoms with Crippen molar-refractivity contribution >= 4 is 29.2 Å². The number of pyridine rings is 1. The highest BCUT2D eigenvalue weighted by Gasteiger charge is 2.19. The van der Waals surface area contributed by atoms with Gasteiger partial charge in [0.25, 0.3) is 0 Å². The van der Waals surface area contributed by atoms with Gasteiger partial charge in [-0.3, -0.25) is 0 Å². The van der Waals surface area contributed by atoms with E-state index in [9.17, 15) is 4.79 Å². The summed E-state index contributed by atoms with van der Waals surface area (Å²) in [5.41, 5.74) is -0.449. The minimum Gasteiger partial charge on any atom is -0.455 e. The molecular weight excluding hydrogens is 237 g/mol. The zero-order valence-corrected chi connectivity index (χ0v) is 10.2. The highest BCUT2D eigenvalue weighted by atomic mass is 35.5. The predicted molar refractivity (Wildman–Crippen MR) is 59.4 cm³/mol.